The summed E-state index contributed by atoms with van der Waals surface area (Å²) in [5.74, 6) is 0. The lowest BCUT2D eigenvalue weighted by molar-refractivity contribution is 0.273. The van der Waals surface area contributed by atoms with Gasteiger partial charge >= 0.3 is 0 Å². The fourth-order valence-corrected chi connectivity index (χ4v) is 2.30. The van der Waals surface area contributed by atoms with Gasteiger partial charge in [0.15, 0.2) is 12.0 Å². The van der Waals surface area contributed by atoms with E-state index in [1.165, 1.54) is 0 Å². The Morgan fingerprint density at radius 3 is 2.69 bits per heavy atom. The SMILES string of the molecule is OCC[N@@+]1(c2ccc(Cl)cc2Cl)C=CN=C1. The molecule has 0 saturated heterocycles. The summed E-state index contributed by atoms with van der Waals surface area (Å²) in [6, 6.07) is 5.32. The predicted molar refractivity (Wildman–Crippen MR) is 67.8 cm³/mol. The summed E-state index contributed by atoms with van der Waals surface area (Å²) in [5.41, 5.74) is 0.859. The number of hydrogen-bond acceptors (Lipinski definition) is 2. The van der Waals surface area contributed by atoms with Crippen LogP contribution in [0.4, 0.5) is 5.69 Å². The Hall–Kier alpha value is -0.870. The smallest absolute Gasteiger partial charge is 0.200 e. The third-order valence-corrected chi connectivity index (χ3v) is 3.06. The first-order valence-electron chi connectivity index (χ1n) is 4.84. The summed E-state index contributed by atoms with van der Waals surface area (Å²) >= 11 is 12.0. The van der Waals surface area contributed by atoms with Gasteiger partial charge in [0.1, 0.15) is 17.8 Å². The van der Waals surface area contributed by atoms with Gasteiger partial charge in [0, 0.05) is 11.1 Å². The van der Waals surface area contributed by atoms with Crippen molar-refractivity contribution in [2.24, 2.45) is 4.99 Å². The Bertz CT molecular complexity index is 445. The van der Waals surface area contributed by atoms with Crippen molar-refractivity contribution in [1.29, 1.82) is 0 Å². The summed E-state index contributed by atoms with van der Waals surface area (Å²) in [5, 5.41) is 10.3. The van der Waals surface area contributed by atoms with Crippen LogP contribution in [0, 0.1) is 0 Å². The van der Waals surface area contributed by atoms with Crippen molar-refractivity contribution >= 4 is 35.2 Å². The van der Waals surface area contributed by atoms with E-state index in [4.69, 9.17) is 28.3 Å². The van der Waals surface area contributed by atoms with E-state index >= 15 is 0 Å². The number of nitrogens with zero attached hydrogens (tertiary/aromatic N) is 2. The predicted octanol–water partition coefficient (Wildman–Crippen LogP) is 2.81. The second-order valence-corrected chi connectivity index (χ2v) is 4.38. The van der Waals surface area contributed by atoms with Crippen molar-refractivity contribution < 1.29 is 5.11 Å². The van der Waals surface area contributed by atoms with Gasteiger partial charge < -0.3 is 5.11 Å². The van der Waals surface area contributed by atoms with Gasteiger partial charge in [0.25, 0.3) is 0 Å². The lowest BCUT2D eigenvalue weighted by Gasteiger charge is -2.26. The molecule has 0 unspecified atom stereocenters. The molecule has 0 radical (unpaired) electrons. The van der Waals surface area contributed by atoms with Crippen LogP contribution in [0.3, 0.4) is 0 Å². The molecule has 1 atom stereocenters. The lowest BCUT2D eigenvalue weighted by Crippen LogP contribution is -2.43. The van der Waals surface area contributed by atoms with Crippen LogP contribution in [0.5, 0.6) is 0 Å². The number of aliphatic hydroxyl groups excluding tert-OH is 1. The van der Waals surface area contributed by atoms with Crippen molar-refractivity contribution in [3.63, 3.8) is 0 Å². The molecule has 0 saturated carbocycles. The Kier molecular flexibility index (Phi) is 3.30. The van der Waals surface area contributed by atoms with Gasteiger partial charge in [-0.15, -0.1) is 0 Å². The minimum Gasteiger partial charge on any atom is -0.390 e. The molecule has 1 N–H and O–H groups in total. The number of aliphatic imine (C=N–C) groups is 1. The average Bonchev–Trinajstić information content (AvgIpc) is 2.67. The summed E-state index contributed by atoms with van der Waals surface area (Å²) in [4.78, 5) is 4.06. The van der Waals surface area contributed by atoms with Crippen LogP contribution < -0.4 is 4.48 Å². The summed E-state index contributed by atoms with van der Waals surface area (Å²) in [7, 11) is 0. The Morgan fingerprint density at radius 2 is 2.12 bits per heavy atom. The van der Waals surface area contributed by atoms with E-state index < -0.39 is 0 Å². The third-order valence-electron chi connectivity index (χ3n) is 2.52. The van der Waals surface area contributed by atoms with Gasteiger partial charge in [0.2, 0.25) is 0 Å². The Morgan fingerprint density at radius 1 is 1.31 bits per heavy atom. The number of halogens is 2. The fourth-order valence-electron chi connectivity index (χ4n) is 1.73. The van der Waals surface area contributed by atoms with E-state index in [0.717, 1.165) is 5.69 Å². The van der Waals surface area contributed by atoms with Crippen molar-refractivity contribution in [3.05, 3.63) is 40.6 Å². The second-order valence-electron chi connectivity index (χ2n) is 3.54. The number of quaternary nitrogens is 1. The van der Waals surface area contributed by atoms with Crippen molar-refractivity contribution in [2.75, 3.05) is 13.2 Å². The van der Waals surface area contributed by atoms with Crippen LogP contribution in [-0.4, -0.2) is 24.6 Å². The molecular weight excluding hydrogens is 247 g/mol. The van der Waals surface area contributed by atoms with Crippen LogP contribution in [0.2, 0.25) is 10.0 Å². The molecule has 0 amide bonds. The van der Waals surface area contributed by atoms with Crippen molar-refractivity contribution in [2.45, 2.75) is 0 Å². The molecular formula is C11H11Cl2N2O+. The van der Waals surface area contributed by atoms with Gasteiger partial charge in [-0.25, -0.2) is 9.48 Å². The molecule has 1 aliphatic heterocycles. The zero-order valence-electron chi connectivity index (χ0n) is 8.48. The topological polar surface area (TPSA) is 32.6 Å². The van der Waals surface area contributed by atoms with Crippen molar-refractivity contribution in [1.82, 2.24) is 4.48 Å². The summed E-state index contributed by atoms with van der Waals surface area (Å²) < 4.78 is 0.326. The van der Waals surface area contributed by atoms with Crippen molar-refractivity contribution in [3.8, 4) is 0 Å². The van der Waals surface area contributed by atoms with Crippen LogP contribution in [0.1, 0.15) is 0 Å². The molecule has 0 bridgehead atoms. The molecule has 1 heterocycles. The molecule has 16 heavy (non-hydrogen) atoms. The highest BCUT2D eigenvalue weighted by Gasteiger charge is 2.31. The van der Waals surface area contributed by atoms with E-state index in [9.17, 15) is 0 Å². The summed E-state index contributed by atoms with van der Waals surface area (Å²) in [6.07, 6.45) is 5.32. The first-order chi connectivity index (χ1) is 7.68. The molecule has 2 rings (SSSR count). The van der Waals surface area contributed by atoms with E-state index in [0.29, 0.717) is 21.1 Å². The first-order valence-corrected chi connectivity index (χ1v) is 5.59. The lowest BCUT2D eigenvalue weighted by atomic mass is 10.2. The Balaban J connectivity index is 2.48. The molecule has 0 fully saturated rings. The first kappa shape index (κ1) is 11.6. The Labute approximate surface area is 104 Å². The molecule has 5 heteroatoms. The maximum absolute atomic E-state index is 9.12. The van der Waals surface area contributed by atoms with Crippen LogP contribution >= 0.6 is 23.2 Å². The standard InChI is InChI=1S/C11H11Cl2N2O/c12-9-1-2-11(10(13)7-9)15(5-6-16)4-3-14-8-15/h1-4,7-8,16H,5-6H2/q+1/t15-/m0/s1. The van der Waals surface area contributed by atoms with Gasteiger partial charge in [-0.05, 0) is 12.1 Å². The molecule has 1 aromatic rings. The number of rotatable bonds is 3. The molecule has 0 aliphatic carbocycles. The van der Waals surface area contributed by atoms with E-state index in [-0.39, 0.29) is 6.61 Å². The maximum Gasteiger partial charge on any atom is 0.200 e. The fraction of sp³-hybridized carbons (Fsp3) is 0.182. The largest absolute Gasteiger partial charge is 0.390 e. The third kappa shape index (κ3) is 1.99. The molecule has 1 aliphatic rings. The molecule has 0 spiro atoms. The average molecular weight is 258 g/mol. The van der Waals surface area contributed by atoms with Gasteiger partial charge in [-0.1, -0.05) is 23.2 Å². The highest BCUT2D eigenvalue weighted by Crippen LogP contribution is 2.34. The minimum absolute atomic E-state index is 0.0509. The highest BCUT2D eigenvalue weighted by molar-refractivity contribution is 6.36. The summed E-state index contributed by atoms with van der Waals surface area (Å²) in [6.45, 7) is 0.552. The van der Waals surface area contributed by atoms with Gasteiger partial charge in [0.05, 0.1) is 12.8 Å². The molecule has 84 valence electrons. The number of benzene rings is 1. The van der Waals surface area contributed by atoms with E-state index in [1.807, 2.05) is 12.3 Å². The minimum atomic E-state index is 0.0509. The molecule has 3 nitrogen and oxygen atoms in total. The zero-order valence-corrected chi connectivity index (χ0v) is 9.99. The maximum atomic E-state index is 9.12. The van der Waals surface area contributed by atoms with Crippen LogP contribution in [0.25, 0.3) is 0 Å². The van der Waals surface area contributed by atoms with Crippen LogP contribution in [0.15, 0.2) is 35.6 Å². The van der Waals surface area contributed by atoms with Gasteiger partial charge in [-0.2, -0.15) is 0 Å². The normalized spacial score (nSPS) is 22.9. The quantitative estimate of drug-likeness (QED) is 0.831. The second kappa shape index (κ2) is 4.55. The van der Waals surface area contributed by atoms with Crippen LogP contribution in [-0.2, 0) is 0 Å². The number of hydrogen-bond donors (Lipinski definition) is 1. The van der Waals surface area contributed by atoms with E-state index in [1.54, 1.807) is 24.7 Å². The monoisotopic (exact) mass is 257 g/mol. The highest BCUT2D eigenvalue weighted by atomic mass is 35.5. The van der Waals surface area contributed by atoms with Gasteiger partial charge in [-0.3, -0.25) is 0 Å². The number of aliphatic hydroxyl groups is 1. The van der Waals surface area contributed by atoms with E-state index in [2.05, 4.69) is 4.99 Å². The zero-order chi connectivity index (χ0) is 11.6. The molecule has 0 aromatic heterocycles. The molecule has 1 aromatic carbocycles.